The third-order valence-electron chi connectivity index (χ3n) is 10.6. The first-order valence-corrected chi connectivity index (χ1v) is 16.7. The van der Waals surface area contributed by atoms with Crippen molar-refractivity contribution in [2.24, 2.45) is 0 Å². The van der Waals surface area contributed by atoms with Crippen LogP contribution in [0.2, 0.25) is 0 Å². The lowest BCUT2D eigenvalue weighted by molar-refractivity contribution is -0.310. The van der Waals surface area contributed by atoms with Crippen LogP contribution in [0.1, 0.15) is 101 Å². The zero-order valence-electron chi connectivity index (χ0n) is 28.5. The number of aliphatic hydroxyl groups excluding tert-OH is 2. The molecule has 2 saturated heterocycles. The fourth-order valence-electron chi connectivity index (χ4n) is 7.84. The molecule has 6 rings (SSSR count). The Balaban J connectivity index is 1.34. The SMILES string of the molecule is CC[C@@]1(O)C[C@H](O[C@H]2C[C@H](N(C)C)[C@H](O[C@H]3C[C@H](O)[C@H](O)[C@H](C)O3)[C@H](C)O2)c2cc3c(cc2[C@@H]1C(=O)OC)C(=O)c1cccc(O)c1C3=O. The molecule has 2 aromatic carbocycles. The molecule has 0 amide bonds. The second-order valence-electron chi connectivity index (χ2n) is 13.8. The summed E-state index contributed by atoms with van der Waals surface area (Å²) in [5, 5.41) is 43.0. The number of methoxy groups -OCH3 is 1. The lowest BCUT2D eigenvalue weighted by atomic mass is 9.67. The molecule has 0 aromatic heterocycles. The van der Waals surface area contributed by atoms with Gasteiger partial charge in [0, 0.05) is 42.0 Å². The molecule has 0 radical (unpaired) electrons. The number of benzene rings is 2. The number of aliphatic hydroxyl groups is 3. The summed E-state index contributed by atoms with van der Waals surface area (Å²) >= 11 is 0. The molecule has 2 aliphatic heterocycles. The molecule has 2 fully saturated rings. The van der Waals surface area contributed by atoms with Crippen LogP contribution < -0.4 is 0 Å². The van der Waals surface area contributed by atoms with Gasteiger partial charge in [0.15, 0.2) is 24.1 Å². The Hall–Kier alpha value is -3.27. The first kappa shape index (κ1) is 35.6. The molecule has 11 atom stereocenters. The van der Waals surface area contributed by atoms with Crippen molar-refractivity contribution >= 4 is 17.5 Å². The molecular weight excluding hydrogens is 638 g/mol. The fraction of sp³-hybridized carbons (Fsp3) is 0.583. The number of likely N-dealkylation sites (N-methyl/N-ethyl adjacent to an activating group) is 1. The van der Waals surface area contributed by atoms with Crippen molar-refractivity contribution in [3.8, 4) is 5.75 Å². The van der Waals surface area contributed by atoms with Gasteiger partial charge in [0.1, 0.15) is 23.9 Å². The van der Waals surface area contributed by atoms with Crippen molar-refractivity contribution in [1.82, 2.24) is 4.90 Å². The summed E-state index contributed by atoms with van der Waals surface area (Å²) in [7, 11) is 5.02. The zero-order valence-corrected chi connectivity index (χ0v) is 28.5. The van der Waals surface area contributed by atoms with Crippen molar-refractivity contribution in [2.45, 2.75) is 113 Å². The van der Waals surface area contributed by atoms with Crippen LogP contribution >= 0.6 is 0 Å². The minimum Gasteiger partial charge on any atom is -0.507 e. The van der Waals surface area contributed by atoms with Gasteiger partial charge in [-0.25, -0.2) is 0 Å². The van der Waals surface area contributed by atoms with Gasteiger partial charge < -0.3 is 49.0 Å². The highest BCUT2D eigenvalue weighted by molar-refractivity contribution is 6.29. The van der Waals surface area contributed by atoms with Crippen LogP contribution in [0.3, 0.4) is 0 Å². The van der Waals surface area contributed by atoms with Crippen molar-refractivity contribution < 1.29 is 58.5 Å². The molecule has 0 unspecified atom stereocenters. The van der Waals surface area contributed by atoms with Crippen LogP contribution in [0.25, 0.3) is 0 Å². The van der Waals surface area contributed by atoms with Crippen LogP contribution in [-0.2, 0) is 28.5 Å². The fourth-order valence-corrected chi connectivity index (χ4v) is 7.84. The smallest absolute Gasteiger partial charge is 0.316 e. The summed E-state index contributed by atoms with van der Waals surface area (Å²) in [5.74, 6) is -3.19. The van der Waals surface area contributed by atoms with Crippen molar-refractivity contribution in [3.63, 3.8) is 0 Å². The summed E-state index contributed by atoms with van der Waals surface area (Å²) in [6.45, 7) is 5.25. The number of ether oxygens (including phenoxy) is 5. The Kier molecular flexibility index (Phi) is 9.76. The second-order valence-corrected chi connectivity index (χ2v) is 13.8. The second kappa shape index (κ2) is 13.5. The number of fused-ring (bicyclic) bond motifs is 3. The number of phenolic OH excluding ortho intramolecular Hbond substituents is 1. The molecular formula is C36H45NO12. The van der Waals surface area contributed by atoms with E-state index in [9.17, 15) is 34.8 Å². The zero-order chi connectivity index (χ0) is 35.5. The van der Waals surface area contributed by atoms with Gasteiger partial charge in [-0.15, -0.1) is 0 Å². The molecule has 2 aromatic rings. The van der Waals surface area contributed by atoms with E-state index in [1.807, 2.05) is 25.9 Å². The van der Waals surface area contributed by atoms with Crippen LogP contribution in [0.15, 0.2) is 30.3 Å². The average molecular weight is 684 g/mol. The number of nitrogens with zero attached hydrogens (tertiary/aromatic N) is 1. The first-order chi connectivity index (χ1) is 23.2. The van der Waals surface area contributed by atoms with Crippen LogP contribution in [0.4, 0.5) is 0 Å². The maximum atomic E-state index is 13.8. The number of rotatable bonds is 7. The minimum atomic E-state index is -1.62. The van der Waals surface area contributed by atoms with E-state index < -0.39 is 78.3 Å². The largest absolute Gasteiger partial charge is 0.507 e. The van der Waals surface area contributed by atoms with Gasteiger partial charge in [0.05, 0.1) is 42.7 Å². The van der Waals surface area contributed by atoms with Gasteiger partial charge >= 0.3 is 5.97 Å². The first-order valence-electron chi connectivity index (χ1n) is 16.7. The third-order valence-corrected chi connectivity index (χ3v) is 10.6. The number of hydrogen-bond acceptors (Lipinski definition) is 13. The lowest BCUT2D eigenvalue weighted by Gasteiger charge is -2.47. The molecule has 2 heterocycles. The van der Waals surface area contributed by atoms with Crippen molar-refractivity contribution in [1.29, 1.82) is 0 Å². The normalized spacial score (nSPS) is 35.8. The van der Waals surface area contributed by atoms with Gasteiger partial charge in [-0.3, -0.25) is 14.4 Å². The Bertz CT molecular complexity index is 1620. The standard InChI is InChI=1S/C36H45NO12/c1-7-36(44)15-26(48-27-13-23(37(4)5)34(17(3)47-27)49-28-14-25(39)31(40)16(2)46-28)19-11-22-21(12-20(19)30(36)35(43)45-6)32(41)18-9-8-10-24(38)29(18)33(22)42/h8-12,16-17,23,25-28,30-31,34,38-40,44H,7,13-15H2,1-6H3/t16-,17-,23-,25-,26-,27-,28-,30+,31+,34+,36+/m0/s1. The molecule has 4 aliphatic rings. The molecule has 0 bridgehead atoms. The molecule has 2 aliphatic carbocycles. The van der Waals surface area contributed by atoms with Crippen LogP contribution in [0.5, 0.6) is 5.75 Å². The predicted octanol–water partition coefficient (Wildman–Crippen LogP) is 2.33. The van der Waals surface area contributed by atoms with E-state index in [1.54, 1.807) is 13.8 Å². The molecule has 0 saturated carbocycles. The number of hydrogen-bond donors (Lipinski definition) is 4. The maximum Gasteiger partial charge on any atom is 0.316 e. The highest BCUT2D eigenvalue weighted by atomic mass is 16.7. The van der Waals surface area contributed by atoms with Crippen molar-refractivity contribution in [2.75, 3.05) is 21.2 Å². The summed E-state index contributed by atoms with van der Waals surface area (Å²) in [4.78, 5) is 42.7. The Morgan fingerprint density at radius 3 is 2.27 bits per heavy atom. The molecule has 13 nitrogen and oxygen atoms in total. The van der Waals surface area contributed by atoms with Crippen LogP contribution in [0, 0.1) is 0 Å². The van der Waals surface area contributed by atoms with E-state index in [0.29, 0.717) is 17.5 Å². The van der Waals surface area contributed by atoms with Gasteiger partial charge in [0.2, 0.25) is 0 Å². The number of carbonyl (C=O) groups is 3. The predicted molar refractivity (Wildman–Crippen MR) is 172 cm³/mol. The number of ketones is 2. The highest BCUT2D eigenvalue weighted by Crippen LogP contribution is 2.50. The number of phenols is 1. The number of aromatic hydroxyl groups is 1. The van der Waals surface area contributed by atoms with E-state index in [4.69, 9.17) is 23.7 Å². The van der Waals surface area contributed by atoms with E-state index in [-0.39, 0.29) is 53.3 Å². The Morgan fingerprint density at radius 1 is 0.959 bits per heavy atom. The Labute approximate surface area is 284 Å². The minimum absolute atomic E-state index is 0.0339. The molecule has 4 N–H and O–H groups in total. The summed E-state index contributed by atoms with van der Waals surface area (Å²) in [5.41, 5.74) is -0.799. The monoisotopic (exact) mass is 683 g/mol. The number of esters is 1. The maximum absolute atomic E-state index is 13.8. The lowest BCUT2D eigenvalue weighted by Crippen LogP contribution is -2.57. The molecule has 49 heavy (non-hydrogen) atoms. The van der Waals surface area contributed by atoms with Crippen molar-refractivity contribution in [3.05, 3.63) is 63.7 Å². The van der Waals surface area contributed by atoms with Crippen LogP contribution in [-0.4, -0.2) is 119 Å². The summed E-state index contributed by atoms with van der Waals surface area (Å²) in [6.07, 6.45) is -5.53. The number of carbonyl (C=O) groups excluding carboxylic acids is 3. The van der Waals surface area contributed by atoms with E-state index in [1.165, 1.54) is 37.4 Å². The highest BCUT2D eigenvalue weighted by Gasteiger charge is 2.52. The van der Waals surface area contributed by atoms with E-state index in [2.05, 4.69) is 0 Å². The topological polar surface area (TPSA) is 182 Å². The van der Waals surface area contributed by atoms with Gasteiger partial charge in [0.25, 0.3) is 0 Å². The quantitative estimate of drug-likeness (QED) is 0.267. The van der Waals surface area contributed by atoms with Gasteiger partial charge in [-0.2, -0.15) is 0 Å². The average Bonchev–Trinajstić information content (AvgIpc) is 3.06. The summed E-state index contributed by atoms with van der Waals surface area (Å²) < 4.78 is 30.3. The van der Waals surface area contributed by atoms with E-state index in [0.717, 1.165) is 0 Å². The molecule has 0 spiro atoms. The van der Waals surface area contributed by atoms with E-state index >= 15 is 0 Å². The van der Waals surface area contributed by atoms with Gasteiger partial charge in [-0.05, 0) is 63.7 Å². The molecule has 266 valence electrons. The Morgan fingerprint density at radius 2 is 1.61 bits per heavy atom. The molecule has 13 heteroatoms. The summed E-state index contributed by atoms with van der Waals surface area (Å²) in [6, 6.07) is 7.06. The van der Waals surface area contributed by atoms with Gasteiger partial charge in [-0.1, -0.05) is 19.1 Å². The third kappa shape index (κ3) is 6.20.